The number of aromatic nitrogens is 2. The molecule has 1 aromatic heterocycles. The molecule has 1 N–H and O–H groups in total. The highest BCUT2D eigenvalue weighted by Gasteiger charge is 2.22. The summed E-state index contributed by atoms with van der Waals surface area (Å²) in [5, 5.41) is 8.53. The van der Waals surface area contributed by atoms with Gasteiger partial charge in [0.1, 0.15) is 0 Å². The summed E-state index contributed by atoms with van der Waals surface area (Å²) < 4.78 is 1.88. The number of carbonyl (C=O) groups is 1. The summed E-state index contributed by atoms with van der Waals surface area (Å²) in [6.45, 7) is 13.4. The highest BCUT2D eigenvalue weighted by atomic mass is 35.5. The molecule has 2 heterocycles. The van der Waals surface area contributed by atoms with E-state index in [4.69, 9.17) is 11.6 Å². The van der Waals surface area contributed by atoms with Gasteiger partial charge in [-0.15, -0.1) is 0 Å². The zero-order chi connectivity index (χ0) is 21.1. The summed E-state index contributed by atoms with van der Waals surface area (Å²) >= 11 is 6.28. The molecule has 5 nitrogen and oxygen atoms in total. The van der Waals surface area contributed by atoms with Gasteiger partial charge in [0.15, 0.2) is 0 Å². The van der Waals surface area contributed by atoms with Gasteiger partial charge in [0.2, 0.25) is 5.91 Å². The van der Waals surface area contributed by atoms with Crippen molar-refractivity contribution in [3.8, 4) is 5.69 Å². The number of amides is 1. The number of hydrogen-bond donors (Lipinski definition) is 1. The zero-order valence-electron chi connectivity index (χ0n) is 18.3. The Balaban J connectivity index is 1.63. The third-order valence-corrected chi connectivity index (χ3v) is 6.45. The van der Waals surface area contributed by atoms with Crippen LogP contribution in [0.3, 0.4) is 0 Å². The van der Waals surface area contributed by atoms with E-state index in [0.717, 1.165) is 46.3 Å². The minimum Gasteiger partial charge on any atom is -0.355 e. The number of aryl methyl sites for hydroxylation is 2. The first-order chi connectivity index (χ1) is 13.8. The van der Waals surface area contributed by atoms with Crippen LogP contribution in [0.2, 0.25) is 5.02 Å². The van der Waals surface area contributed by atoms with E-state index in [9.17, 15) is 4.79 Å². The molecule has 2 aromatic rings. The van der Waals surface area contributed by atoms with Gasteiger partial charge >= 0.3 is 0 Å². The number of hydrogen-bond acceptors (Lipinski definition) is 3. The Bertz CT molecular complexity index is 874. The molecule has 158 valence electrons. The van der Waals surface area contributed by atoms with Gasteiger partial charge in [-0.25, -0.2) is 4.68 Å². The lowest BCUT2D eigenvalue weighted by molar-refractivity contribution is -0.120. The molecule has 1 unspecified atom stereocenters. The van der Waals surface area contributed by atoms with Gasteiger partial charge in [-0.2, -0.15) is 5.10 Å². The third-order valence-electron chi connectivity index (χ3n) is 6.05. The Morgan fingerprint density at radius 1 is 1.31 bits per heavy atom. The monoisotopic (exact) mass is 416 g/mol. The lowest BCUT2D eigenvalue weighted by Crippen LogP contribution is -2.44. The maximum atomic E-state index is 12.6. The van der Waals surface area contributed by atoms with Gasteiger partial charge in [-0.1, -0.05) is 17.7 Å². The van der Waals surface area contributed by atoms with Crippen molar-refractivity contribution in [2.45, 2.75) is 59.9 Å². The van der Waals surface area contributed by atoms with E-state index < -0.39 is 0 Å². The molecule has 0 radical (unpaired) electrons. The number of likely N-dealkylation sites (tertiary alicyclic amines) is 1. The van der Waals surface area contributed by atoms with Crippen LogP contribution in [0.15, 0.2) is 18.2 Å². The molecule has 0 spiro atoms. The Kier molecular flexibility index (Phi) is 7.01. The Labute approximate surface area is 179 Å². The number of nitrogens with one attached hydrogen (secondary N) is 1. The van der Waals surface area contributed by atoms with E-state index in [1.807, 2.05) is 43.7 Å². The van der Waals surface area contributed by atoms with Crippen molar-refractivity contribution in [1.82, 2.24) is 20.0 Å². The summed E-state index contributed by atoms with van der Waals surface area (Å²) in [6, 6.07) is 6.49. The maximum absolute atomic E-state index is 12.6. The molecular weight excluding hydrogens is 384 g/mol. The van der Waals surface area contributed by atoms with E-state index in [0.29, 0.717) is 18.4 Å². The quantitative estimate of drug-likeness (QED) is 0.766. The van der Waals surface area contributed by atoms with Crippen LogP contribution in [0.5, 0.6) is 0 Å². The van der Waals surface area contributed by atoms with Crippen molar-refractivity contribution in [1.29, 1.82) is 0 Å². The van der Waals surface area contributed by atoms with E-state index >= 15 is 0 Å². The molecule has 29 heavy (non-hydrogen) atoms. The molecule has 0 bridgehead atoms. The molecule has 0 aliphatic carbocycles. The smallest absolute Gasteiger partial charge is 0.224 e. The second-order valence-electron chi connectivity index (χ2n) is 8.57. The summed E-state index contributed by atoms with van der Waals surface area (Å²) in [5.41, 5.74) is 4.82. The molecule has 1 fully saturated rings. The summed E-state index contributed by atoms with van der Waals surface area (Å²) in [6.07, 6.45) is 2.76. The molecule has 1 aliphatic rings. The fraction of sp³-hybridized carbons (Fsp3) is 0.565. The van der Waals surface area contributed by atoms with Crippen LogP contribution < -0.4 is 5.32 Å². The highest BCUT2D eigenvalue weighted by Crippen LogP contribution is 2.23. The molecule has 0 saturated carbocycles. The molecule has 3 rings (SSSR count). The van der Waals surface area contributed by atoms with Crippen LogP contribution in [-0.4, -0.2) is 46.3 Å². The average molecular weight is 417 g/mol. The van der Waals surface area contributed by atoms with E-state index in [1.54, 1.807) is 0 Å². The lowest BCUT2D eigenvalue weighted by atomic mass is 9.97. The van der Waals surface area contributed by atoms with Crippen molar-refractivity contribution in [3.05, 3.63) is 45.7 Å². The van der Waals surface area contributed by atoms with Crippen LogP contribution in [0, 0.1) is 26.7 Å². The minimum atomic E-state index is 0.0689. The number of benzene rings is 1. The summed E-state index contributed by atoms with van der Waals surface area (Å²) in [4.78, 5) is 15.1. The van der Waals surface area contributed by atoms with Gasteiger partial charge in [0.25, 0.3) is 0 Å². The second kappa shape index (κ2) is 9.31. The van der Waals surface area contributed by atoms with Crippen LogP contribution in [-0.2, 0) is 11.2 Å². The number of rotatable bonds is 6. The predicted molar refractivity (Wildman–Crippen MR) is 119 cm³/mol. The fourth-order valence-electron chi connectivity index (χ4n) is 4.11. The number of nitrogens with zero attached hydrogens (tertiary/aromatic N) is 3. The SMILES string of the molecule is Cc1ccc(-n2nc(C)c(CC(=O)NCC3CCCN(C(C)C)C3)c2C)cc1Cl. The first-order valence-electron chi connectivity index (χ1n) is 10.6. The molecular formula is C23H33ClN4O. The fourth-order valence-corrected chi connectivity index (χ4v) is 4.28. The Morgan fingerprint density at radius 2 is 2.07 bits per heavy atom. The van der Waals surface area contributed by atoms with Crippen molar-refractivity contribution in [3.63, 3.8) is 0 Å². The zero-order valence-corrected chi connectivity index (χ0v) is 19.0. The number of halogens is 1. The summed E-state index contributed by atoms with van der Waals surface area (Å²) in [7, 11) is 0. The average Bonchev–Trinajstić information content (AvgIpc) is 2.97. The molecule has 1 amide bonds. The first-order valence-corrected chi connectivity index (χ1v) is 11.0. The molecule has 1 aliphatic heterocycles. The Morgan fingerprint density at radius 3 is 2.76 bits per heavy atom. The van der Waals surface area contributed by atoms with Crippen molar-refractivity contribution < 1.29 is 4.79 Å². The van der Waals surface area contributed by atoms with Crippen molar-refractivity contribution in [2.75, 3.05) is 19.6 Å². The van der Waals surface area contributed by atoms with Gasteiger partial charge in [-0.3, -0.25) is 4.79 Å². The van der Waals surface area contributed by atoms with E-state index in [-0.39, 0.29) is 5.91 Å². The van der Waals surface area contributed by atoms with Crippen LogP contribution >= 0.6 is 11.6 Å². The van der Waals surface area contributed by atoms with Gasteiger partial charge in [0.05, 0.1) is 17.8 Å². The van der Waals surface area contributed by atoms with Gasteiger partial charge < -0.3 is 10.2 Å². The van der Waals surface area contributed by atoms with Crippen LogP contribution in [0.4, 0.5) is 0 Å². The predicted octanol–water partition coefficient (Wildman–Crippen LogP) is 4.23. The highest BCUT2D eigenvalue weighted by molar-refractivity contribution is 6.31. The van der Waals surface area contributed by atoms with Crippen molar-refractivity contribution in [2.24, 2.45) is 5.92 Å². The number of carbonyl (C=O) groups excluding carboxylic acids is 1. The third kappa shape index (κ3) is 5.20. The molecule has 6 heteroatoms. The van der Waals surface area contributed by atoms with Crippen molar-refractivity contribution >= 4 is 17.5 Å². The topological polar surface area (TPSA) is 50.2 Å². The van der Waals surface area contributed by atoms with Gasteiger partial charge in [0, 0.05) is 35.4 Å². The molecule has 1 atom stereocenters. The first kappa shape index (κ1) is 21.8. The maximum Gasteiger partial charge on any atom is 0.224 e. The molecule has 1 aromatic carbocycles. The largest absolute Gasteiger partial charge is 0.355 e. The summed E-state index contributed by atoms with van der Waals surface area (Å²) in [5.74, 6) is 0.606. The standard InChI is InChI=1S/C23H33ClN4O/c1-15(2)27-10-6-7-19(14-27)13-25-23(29)12-21-17(4)26-28(18(21)5)20-9-8-16(3)22(24)11-20/h8-9,11,15,19H,6-7,10,12-14H2,1-5H3,(H,25,29). The normalized spacial score (nSPS) is 17.7. The Hall–Kier alpha value is -1.85. The molecule has 1 saturated heterocycles. The van der Waals surface area contributed by atoms with Gasteiger partial charge in [-0.05, 0) is 77.6 Å². The lowest BCUT2D eigenvalue weighted by Gasteiger charge is -2.35. The van der Waals surface area contributed by atoms with E-state index in [1.165, 1.54) is 19.4 Å². The van der Waals surface area contributed by atoms with Crippen LogP contribution in [0.1, 0.15) is 49.2 Å². The van der Waals surface area contributed by atoms with Crippen LogP contribution in [0.25, 0.3) is 5.69 Å². The minimum absolute atomic E-state index is 0.0689. The second-order valence-corrected chi connectivity index (χ2v) is 8.98. The number of piperidine rings is 1. The van der Waals surface area contributed by atoms with E-state index in [2.05, 4.69) is 29.2 Å².